The Balaban J connectivity index is 2.10. The van der Waals surface area contributed by atoms with Crippen molar-refractivity contribution in [3.8, 4) is 17.2 Å². The van der Waals surface area contributed by atoms with Crippen LogP contribution in [0.25, 0.3) is 0 Å². The third kappa shape index (κ3) is 3.57. The van der Waals surface area contributed by atoms with Gasteiger partial charge in [0.05, 0.1) is 12.2 Å². The first-order valence-corrected chi connectivity index (χ1v) is 6.51. The highest BCUT2D eigenvalue weighted by Gasteiger charge is 2.06. The Morgan fingerprint density at radius 1 is 0.895 bits per heavy atom. The average molecular weight is 370 g/mol. The predicted molar refractivity (Wildman–Crippen MR) is 78.8 cm³/mol. The number of nitrogens with zero attached hydrogens (tertiary/aromatic N) is 2. The topological polar surface area (TPSA) is 85.4 Å². The van der Waals surface area contributed by atoms with Gasteiger partial charge >= 0.3 is 0 Å². The number of phenols is 3. The van der Waals surface area contributed by atoms with Gasteiger partial charge in [0.25, 0.3) is 0 Å². The highest BCUT2D eigenvalue weighted by Crippen LogP contribution is 2.32. The molecule has 0 atom stereocenters. The van der Waals surface area contributed by atoms with Crippen LogP contribution < -0.4 is 0 Å². The van der Waals surface area contributed by atoms with Gasteiger partial charge in [-0.05, 0) is 52.9 Å². The van der Waals surface area contributed by atoms with Gasteiger partial charge in [-0.3, -0.25) is 0 Å². The van der Waals surface area contributed by atoms with E-state index < -0.39 is 0 Å². The number of hydrogen-bond acceptors (Lipinski definition) is 5. The molecule has 0 aliphatic rings. The van der Waals surface area contributed by atoms with Gasteiger partial charge in [0.2, 0.25) is 0 Å². The highest BCUT2D eigenvalue weighted by molar-refractivity contribution is 14.1. The van der Waals surface area contributed by atoms with Crippen LogP contribution >= 0.6 is 22.6 Å². The molecular weight excluding hydrogens is 359 g/mol. The largest absolute Gasteiger partial charge is 0.507 e. The van der Waals surface area contributed by atoms with E-state index in [2.05, 4.69) is 32.8 Å². The van der Waals surface area contributed by atoms with Crippen LogP contribution in [0.15, 0.2) is 46.6 Å². The van der Waals surface area contributed by atoms with E-state index in [0.29, 0.717) is 11.3 Å². The summed E-state index contributed by atoms with van der Waals surface area (Å²) in [6.07, 6.45) is 0. The van der Waals surface area contributed by atoms with E-state index in [-0.39, 0.29) is 23.8 Å². The molecule has 0 saturated carbocycles. The zero-order chi connectivity index (χ0) is 13.8. The van der Waals surface area contributed by atoms with E-state index in [1.807, 2.05) is 24.3 Å². The summed E-state index contributed by atoms with van der Waals surface area (Å²) in [6, 6.07) is 9.83. The molecule has 0 bridgehead atoms. The summed E-state index contributed by atoms with van der Waals surface area (Å²) in [7, 11) is 0. The minimum atomic E-state index is -0.365. The number of rotatable bonds is 3. The van der Waals surface area contributed by atoms with Crippen molar-refractivity contribution in [3.63, 3.8) is 0 Å². The predicted octanol–water partition coefficient (Wildman–Crippen LogP) is 3.69. The molecule has 0 aliphatic heterocycles. The molecule has 0 fully saturated rings. The summed E-state index contributed by atoms with van der Waals surface area (Å²) in [5.41, 5.74) is 1.10. The minimum absolute atomic E-state index is 0.117. The van der Waals surface area contributed by atoms with Gasteiger partial charge in [0.15, 0.2) is 11.5 Å². The Labute approximate surface area is 123 Å². The van der Waals surface area contributed by atoms with E-state index in [9.17, 15) is 15.3 Å². The molecule has 2 aromatic rings. The van der Waals surface area contributed by atoms with Gasteiger partial charge in [0.1, 0.15) is 5.75 Å². The smallest absolute Gasteiger partial charge is 0.161 e. The lowest BCUT2D eigenvalue weighted by Crippen LogP contribution is -1.82. The lowest BCUT2D eigenvalue weighted by molar-refractivity contribution is 0.394. The molecule has 98 valence electrons. The van der Waals surface area contributed by atoms with E-state index >= 15 is 0 Å². The minimum Gasteiger partial charge on any atom is -0.507 e. The standard InChI is InChI=1S/C13H11IN2O3/c14-9-1-3-10(4-2-9)16-15-7-8-5-12(18)13(19)6-11(8)17/h1-6,17-19H,7H2. The summed E-state index contributed by atoms with van der Waals surface area (Å²) < 4.78 is 1.11. The van der Waals surface area contributed by atoms with Crippen molar-refractivity contribution in [2.45, 2.75) is 6.54 Å². The highest BCUT2D eigenvalue weighted by atomic mass is 127. The van der Waals surface area contributed by atoms with Crippen LogP contribution in [0.5, 0.6) is 17.2 Å². The molecule has 5 nitrogen and oxygen atoms in total. The van der Waals surface area contributed by atoms with E-state index in [0.717, 1.165) is 9.64 Å². The van der Waals surface area contributed by atoms with Crippen LogP contribution in [0, 0.1) is 3.57 Å². The van der Waals surface area contributed by atoms with Crippen molar-refractivity contribution in [2.24, 2.45) is 10.2 Å². The average Bonchev–Trinajstić information content (AvgIpc) is 2.38. The molecule has 6 heteroatoms. The Morgan fingerprint density at radius 2 is 1.53 bits per heavy atom. The van der Waals surface area contributed by atoms with E-state index in [1.165, 1.54) is 6.07 Å². The zero-order valence-corrected chi connectivity index (χ0v) is 11.9. The SMILES string of the molecule is Oc1cc(O)c(CN=Nc2ccc(I)cc2)cc1O. The van der Waals surface area contributed by atoms with Crippen LogP contribution in [0.2, 0.25) is 0 Å². The first-order valence-electron chi connectivity index (χ1n) is 5.43. The maximum Gasteiger partial charge on any atom is 0.161 e. The lowest BCUT2D eigenvalue weighted by atomic mass is 10.2. The van der Waals surface area contributed by atoms with Crippen molar-refractivity contribution in [1.82, 2.24) is 0 Å². The Morgan fingerprint density at radius 3 is 2.21 bits per heavy atom. The maximum absolute atomic E-state index is 9.58. The van der Waals surface area contributed by atoms with Crippen molar-refractivity contribution in [1.29, 1.82) is 0 Å². The molecule has 0 spiro atoms. The third-order valence-electron chi connectivity index (χ3n) is 2.43. The molecule has 0 radical (unpaired) electrons. The van der Waals surface area contributed by atoms with Crippen molar-refractivity contribution in [3.05, 3.63) is 45.5 Å². The number of phenolic OH excluding ortho intramolecular Hbond substituents is 3. The molecule has 2 rings (SSSR count). The monoisotopic (exact) mass is 370 g/mol. The fourth-order valence-corrected chi connectivity index (χ4v) is 1.80. The molecule has 19 heavy (non-hydrogen) atoms. The molecule has 0 unspecified atom stereocenters. The van der Waals surface area contributed by atoms with Gasteiger partial charge in [-0.1, -0.05) is 0 Å². The van der Waals surface area contributed by atoms with Gasteiger partial charge in [-0.15, -0.1) is 0 Å². The van der Waals surface area contributed by atoms with E-state index in [1.54, 1.807) is 0 Å². The molecular formula is C13H11IN2O3. The molecule has 0 aliphatic carbocycles. The van der Waals surface area contributed by atoms with Crippen molar-refractivity contribution in [2.75, 3.05) is 0 Å². The van der Waals surface area contributed by atoms with Gasteiger partial charge in [0, 0.05) is 15.2 Å². The van der Waals surface area contributed by atoms with Crippen LogP contribution in [-0.4, -0.2) is 15.3 Å². The summed E-state index contributed by atoms with van der Waals surface area (Å²) in [6.45, 7) is 0.117. The lowest BCUT2D eigenvalue weighted by Gasteiger charge is -2.03. The van der Waals surface area contributed by atoms with Crippen molar-refractivity contribution >= 4 is 28.3 Å². The van der Waals surface area contributed by atoms with Gasteiger partial charge in [-0.25, -0.2) is 0 Å². The summed E-state index contributed by atoms with van der Waals surface area (Å²) in [5, 5.41) is 36.0. The quantitative estimate of drug-likeness (QED) is 0.333. The zero-order valence-electron chi connectivity index (χ0n) is 9.79. The Kier molecular flexibility index (Phi) is 4.20. The van der Waals surface area contributed by atoms with E-state index in [4.69, 9.17) is 0 Å². The number of aromatic hydroxyl groups is 3. The van der Waals surface area contributed by atoms with Crippen LogP contribution in [0.3, 0.4) is 0 Å². The first kappa shape index (κ1) is 13.6. The fourth-order valence-electron chi connectivity index (χ4n) is 1.44. The molecule has 0 aromatic heterocycles. The number of halogens is 1. The molecule has 0 amide bonds. The fraction of sp³-hybridized carbons (Fsp3) is 0.0769. The first-order chi connectivity index (χ1) is 9.06. The molecule has 0 heterocycles. The van der Waals surface area contributed by atoms with Crippen LogP contribution in [-0.2, 0) is 6.54 Å². The molecule has 3 N–H and O–H groups in total. The van der Waals surface area contributed by atoms with Crippen LogP contribution in [0.4, 0.5) is 5.69 Å². The molecule has 0 saturated heterocycles. The van der Waals surface area contributed by atoms with Gasteiger partial charge < -0.3 is 15.3 Å². The number of azo groups is 1. The normalized spacial score (nSPS) is 11.0. The maximum atomic E-state index is 9.58. The second kappa shape index (κ2) is 5.87. The number of benzene rings is 2. The summed E-state index contributed by atoms with van der Waals surface area (Å²) in [4.78, 5) is 0. The molecule has 2 aromatic carbocycles. The Bertz CT molecular complexity index is 612. The van der Waals surface area contributed by atoms with Gasteiger partial charge in [-0.2, -0.15) is 10.2 Å². The Hall–Kier alpha value is -1.83. The number of hydrogen-bond donors (Lipinski definition) is 3. The van der Waals surface area contributed by atoms with Crippen molar-refractivity contribution < 1.29 is 15.3 Å². The summed E-state index contributed by atoms with van der Waals surface area (Å²) >= 11 is 2.20. The summed E-state index contributed by atoms with van der Waals surface area (Å²) in [5.74, 6) is -0.787. The second-order valence-corrected chi connectivity index (χ2v) is 5.09. The second-order valence-electron chi connectivity index (χ2n) is 3.85. The third-order valence-corrected chi connectivity index (χ3v) is 3.15. The van der Waals surface area contributed by atoms with Crippen LogP contribution in [0.1, 0.15) is 5.56 Å².